The number of esters is 2. The molecule has 0 aliphatic carbocycles. The van der Waals surface area contributed by atoms with Crippen LogP contribution in [0.3, 0.4) is 0 Å². The fraction of sp³-hybridized carbons (Fsp3) is 0.600. The molecule has 2 rings (SSSR count). The van der Waals surface area contributed by atoms with Crippen molar-refractivity contribution >= 4 is 11.9 Å². The highest BCUT2D eigenvalue weighted by molar-refractivity contribution is 5.66. The Hall–Kier alpha value is -1.66. The lowest BCUT2D eigenvalue weighted by atomic mass is 10.1. The largest absolute Gasteiger partial charge is 0.460 e. The van der Waals surface area contributed by atoms with Crippen molar-refractivity contribution in [3.63, 3.8) is 0 Å². The second kappa shape index (κ2) is 6.41. The summed E-state index contributed by atoms with van der Waals surface area (Å²) in [4.78, 5) is 21.8. The SMILES string of the molecule is C=CC(OC(C)=O)C1OC1C=CC1OC1C(C)OC(C)=O. The van der Waals surface area contributed by atoms with Crippen molar-refractivity contribution in [2.75, 3.05) is 0 Å². The van der Waals surface area contributed by atoms with Gasteiger partial charge in [-0.1, -0.05) is 18.7 Å². The van der Waals surface area contributed by atoms with Gasteiger partial charge in [-0.25, -0.2) is 0 Å². The topological polar surface area (TPSA) is 77.7 Å². The van der Waals surface area contributed by atoms with Crippen LogP contribution in [0.5, 0.6) is 0 Å². The molecule has 6 heteroatoms. The van der Waals surface area contributed by atoms with Crippen LogP contribution in [0.2, 0.25) is 0 Å². The van der Waals surface area contributed by atoms with Gasteiger partial charge in [-0.05, 0) is 13.0 Å². The van der Waals surface area contributed by atoms with E-state index in [0.717, 1.165) is 0 Å². The van der Waals surface area contributed by atoms with Crippen LogP contribution < -0.4 is 0 Å². The fourth-order valence-corrected chi connectivity index (χ4v) is 2.21. The smallest absolute Gasteiger partial charge is 0.303 e. The highest BCUT2D eigenvalue weighted by atomic mass is 16.6. The van der Waals surface area contributed by atoms with E-state index in [0.29, 0.717) is 0 Å². The molecule has 6 atom stereocenters. The monoisotopic (exact) mass is 296 g/mol. The lowest BCUT2D eigenvalue weighted by molar-refractivity contribution is -0.146. The Morgan fingerprint density at radius 2 is 1.57 bits per heavy atom. The van der Waals surface area contributed by atoms with Crippen LogP contribution in [0.1, 0.15) is 20.8 Å². The summed E-state index contributed by atoms with van der Waals surface area (Å²) in [6.07, 6.45) is 4.12. The van der Waals surface area contributed by atoms with E-state index in [1.54, 1.807) is 13.0 Å². The third-order valence-electron chi connectivity index (χ3n) is 3.29. The summed E-state index contributed by atoms with van der Waals surface area (Å²) in [5.74, 6) is -0.680. The summed E-state index contributed by atoms with van der Waals surface area (Å²) in [6, 6.07) is 0. The Morgan fingerprint density at radius 3 is 2.10 bits per heavy atom. The van der Waals surface area contributed by atoms with Crippen molar-refractivity contribution in [3.05, 3.63) is 24.8 Å². The summed E-state index contributed by atoms with van der Waals surface area (Å²) < 4.78 is 21.0. The minimum atomic E-state index is -0.437. The molecule has 6 nitrogen and oxygen atoms in total. The number of ether oxygens (including phenoxy) is 4. The molecule has 2 aliphatic rings. The first-order valence-electron chi connectivity index (χ1n) is 6.88. The van der Waals surface area contributed by atoms with Gasteiger partial charge in [0.05, 0.1) is 0 Å². The summed E-state index contributed by atoms with van der Waals surface area (Å²) in [5.41, 5.74) is 0. The van der Waals surface area contributed by atoms with Gasteiger partial charge in [-0.2, -0.15) is 0 Å². The van der Waals surface area contributed by atoms with Gasteiger partial charge >= 0.3 is 11.9 Å². The molecule has 2 fully saturated rings. The Morgan fingerprint density at radius 1 is 1.05 bits per heavy atom. The van der Waals surface area contributed by atoms with Crippen molar-refractivity contribution in [1.82, 2.24) is 0 Å². The van der Waals surface area contributed by atoms with Crippen LogP contribution in [0, 0.1) is 0 Å². The molecule has 2 heterocycles. The van der Waals surface area contributed by atoms with E-state index < -0.39 is 6.10 Å². The maximum Gasteiger partial charge on any atom is 0.303 e. The molecule has 21 heavy (non-hydrogen) atoms. The van der Waals surface area contributed by atoms with E-state index in [9.17, 15) is 9.59 Å². The molecule has 0 saturated carbocycles. The van der Waals surface area contributed by atoms with Crippen LogP contribution >= 0.6 is 0 Å². The highest BCUT2D eigenvalue weighted by Gasteiger charge is 2.46. The molecule has 0 bridgehead atoms. The second-order valence-corrected chi connectivity index (χ2v) is 5.14. The maximum absolute atomic E-state index is 10.9. The molecular weight excluding hydrogens is 276 g/mol. The summed E-state index contributed by atoms with van der Waals surface area (Å²) in [5, 5.41) is 0. The number of rotatable bonds is 7. The first-order valence-corrected chi connectivity index (χ1v) is 6.88. The molecule has 0 spiro atoms. The summed E-state index contributed by atoms with van der Waals surface area (Å²) >= 11 is 0. The minimum Gasteiger partial charge on any atom is -0.460 e. The molecular formula is C15H20O6. The number of epoxide rings is 2. The lowest BCUT2D eigenvalue weighted by Crippen LogP contribution is -2.21. The zero-order valence-corrected chi connectivity index (χ0v) is 12.4. The molecule has 2 saturated heterocycles. The van der Waals surface area contributed by atoms with E-state index in [2.05, 4.69) is 6.58 Å². The molecule has 0 aromatic carbocycles. The Bertz CT molecular complexity index is 457. The summed E-state index contributed by atoms with van der Waals surface area (Å²) in [7, 11) is 0. The zero-order valence-electron chi connectivity index (χ0n) is 12.4. The number of hydrogen-bond donors (Lipinski definition) is 0. The standard InChI is InChI=1S/C15H20O6/c1-5-11(19-10(4)17)15-13(21-15)7-6-12-14(20-12)8(2)18-9(3)16/h5-8,11-15H,1H2,2-4H3. The zero-order chi connectivity index (χ0) is 15.6. The van der Waals surface area contributed by atoms with Crippen molar-refractivity contribution in [2.24, 2.45) is 0 Å². The van der Waals surface area contributed by atoms with E-state index in [4.69, 9.17) is 18.9 Å². The van der Waals surface area contributed by atoms with Crippen molar-refractivity contribution < 1.29 is 28.5 Å². The van der Waals surface area contributed by atoms with Crippen LogP contribution in [0.4, 0.5) is 0 Å². The Kier molecular flexibility index (Phi) is 4.80. The van der Waals surface area contributed by atoms with Gasteiger partial charge in [0.25, 0.3) is 0 Å². The van der Waals surface area contributed by atoms with Crippen LogP contribution in [0.25, 0.3) is 0 Å². The Balaban J connectivity index is 1.74. The van der Waals surface area contributed by atoms with E-state index >= 15 is 0 Å². The van der Waals surface area contributed by atoms with Gasteiger partial charge in [0.2, 0.25) is 0 Å². The average molecular weight is 296 g/mol. The molecule has 6 unspecified atom stereocenters. The lowest BCUT2D eigenvalue weighted by Gasteiger charge is -2.08. The van der Waals surface area contributed by atoms with Gasteiger partial charge in [0, 0.05) is 13.8 Å². The van der Waals surface area contributed by atoms with Gasteiger partial charge < -0.3 is 18.9 Å². The van der Waals surface area contributed by atoms with Crippen molar-refractivity contribution in [2.45, 2.75) is 57.4 Å². The van der Waals surface area contributed by atoms with E-state index in [-0.39, 0.29) is 42.5 Å². The maximum atomic E-state index is 10.9. The summed E-state index contributed by atoms with van der Waals surface area (Å²) in [6.45, 7) is 8.14. The number of carbonyl (C=O) groups excluding carboxylic acids is 2. The van der Waals surface area contributed by atoms with Crippen LogP contribution in [0.15, 0.2) is 24.8 Å². The third kappa shape index (κ3) is 4.41. The highest BCUT2D eigenvalue weighted by Crippen LogP contribution is 2.32. The molecule has 2 aliphatic heterocycles. The minimum absolute atomic E-state index is 0.0693. The predicted octanol–water partition coefficient (Wildman–Crippen LogP) is 1.15. The number of carbonyl (C=O) groups is 2. The molecule has 0 aromatic heterocycles. The van der Waals surface area contributed by atoms with Gasteiger partial charge in [-0.15, -0.1) is 0 Å². The van der Waals surface area contributed by atoms with Crippen molar-refractivity contribution in [1.29, 1.82) is 0 Å². The van der Waals surface area contributed by atoms with Crippen LogP contribution in [-0.4, -0.2) is 48.6 Å². The molecule has 116 valence electrons. The van der Waals surface area contributed by atoms with Gasteiger partial charge in [0.1, 0.15) is 36.6 Å². The second-order valence-electron chi connectivity index (χ2n) is 5.14. The van der Waals surface area contributed by atoms with Gasteiger partial charge in [0.15, 0.2) is 0 Å². The molecule has 0 N–H and O–H groups in total. The normalized spacial score (nSPS) is 33.1. The molecule has 0 aromatic rings. The van der Waals surface area contributed by atoms with Crippen LogP contribution in [-0.2, 0) is 28.5 Å². The Labute approximate surface area is 123 Å². The first kappa shape index (κ1) is 15.7. The van der Waals surface area contributed by atoms with E-state index in [1.807, 2.05) is 12.2 Å². The third-order valence-corrected chi connectivity index (χ3v) is 3.29. The molecule has 0 amide bonds. The van der Waals surface area contributed by atoms with E-state index in [1.165, 1.54) is 13.8 Å². The number of hydrogen-bond acceptors (Lipinski definition) is 6. The predicted molar refractivity (Wildman–Crippen MR) is 73.4 cm³/mol. The molecule has 0 radical (unpaired) electrons. The average Bonchev–Trinajstić information content (AvgIpc) is 3.26. The first-order chi connectivity index (χ1) is 9.92. The quantitative estimate of drug-likeness (QED) is 0.398. The fourth-order valence-electron chi connectivity index (χ4n) is 2.21. The van der Waals surface area contributed by atoms with Gasteiger partial charge in [-0.3, -0.25) is 9.59 Å². The van der Waals surface area contributed by atoms with Crippen molar-refractivity contribution in [3.8, 4) is 0 Å².